The number of nitrogens with one attached hydrogen (secondary N) is 1. The third-order valence-electron chi connectivity index (χ3n) is 2.56. The van der Waals surface area contributed by atoms with Gasteiger partial charge in [0.2, 0.25) is 0 Å². The standard InChI is InChI=1S/C14H17N3O3/c1-2-19-11-3-5-12(6-4-11)20-9-13-16-10(8-15)7-14(18)17-13/h3-7H,2,8-9,15H2,1H3,(H,16,17,18). The van der Waals surface area contributed by atoms with Crippen LogP contribution in [0.15, 0.2) is 35.1 Å². The van der Waals surface area contributed by atoms with Crippen LogP contribution in [0.2, 0.25) is 0 Å². The minimum Gasteiger partial charge on any atom is -0.494 e. The molecule has 1 aromatic heterocycles. The first-order chi connectivity index (χ1) is 9.71. The number of H-pyrrole nitrogens is 1. The Kier molecular flexibility index (Phi) is 4.73. The molecule has 0 radical (unpaired) electrons. The molecule has 0 aliphatic heterocycles. The molecular weight excluding hydrogens is 258 g/mol. The van der Waals surface area contributed by atoms with E-state index in [2.05, 4.69) is 9.97 Å². The molecule has 6 heteroatoms. The highest BCUT2D eigenvalue weighted by Gasteiger charge is 2.02. The fraction of sp³-hybridized carbons (Fsp3) is 0.286. The minimum atomic E-state index is -0.231. The zero-order chi connectivity index (χ0) is 14.4. The molecule has 0 saturated carbocycles. The maximum absolute atomic E-state index is 11.4. The number of ether oxygens (including phenoxy) is 2. The van der Waals surface area contributed by atoms with E-state index in [9.17, 15) is 4.79 Å². The van der Waals surface area contributed by atoms with Crippen molar-refractivity contribution in [1.82, 2.24) is 9.97 Å². The van der Waals surface area contributed by atoms with Crippen molar-refractivity contribution in [2.24, 2.45) is 5.73 Å². The van der Waals surface area contributed by atoms with Crippen LogP contribution < -0.4 is 20.8 Å². The number of nitrogens with two attached hydrogens (primary N) is 1. The lowest BCUT2D eigenvalue weighted by Gasteiger charge is -2.08. The molecule has 2 rings (SSSR count). The Bertz CT molecular complexity index is 608. The Labute approximate surface area is 116 Å². The molecule has 1 heterocycles. The van der Waals surface area contributed by atoms with Crippen LogP contribution in [-0.2, 0) is 13.2 Å². The zero-order valence-corrected chi connectivity index (χ0v) is 11.3. The highest BCUT2D eigenvalue weighted by Crippen LogP contribution is 2.18. The predicted octanol–water partition coefficient (Wildman–Crippen LogP) is 1.21. The summed E-state index contributed by atoms with van der Waals surface area (Å²) in [4.78, 5) is 18.2. The molecule has 0 spiro atoms. The van der Waals surface area contributed by atoms with Crippen LogP contribution in [0.5, 0.6) is 11.5 Å². The zero-order valence-electron chi connectivity index (χ0n) is 11.3. The second-order valence-electron chi connectivity index (χ2n) is 4.08. The van der Waals surface area contributed by atoms with Gasteiger partial charge in [-0.1, -0.05) is 0 Å². The van der Waals surface area contributed by atoms with Crippen molar-refractivity contribution >= 4 is 0 Å². The van der Waals surface area contributed by atoms with E-state index >= 15 is 0 Å². The monoisotopic (exact) mass is 275 g/mol. The van der Waals surface area contributed by atoms with Gasteiger partial charge in [-0.25, -0.2) is 4.98 Å². The average molecular weight is 275 g/mol. The normalized spacial score (nSPS) is 10.3. The van der Waals surface area contributed by atoms with Gasteiger partial charge in [0.1, 0.15) is 23.9 Å². The Hall–Kier alpha value is -2.34. The van der Waals surface area contributed by atoms with Crippen LogP contribution in [0.3, 0.4) is 0 Å². The van der Waals surface area contributed by atoms with Gasteiger partial charge in [-0.15, -0.1) is 0 Å². The second-order valence-corrected chi connectivity index (χ2v) is 4.08. The van der Waals surface area contributed by atoms with Crippen molar-refractivity contribution in [1.29, 1.82) is 0 Å². The summed E-state index contributed by atoms with van der Waals surface area (Å²) in [5, 5.41) is 0. The molecule has 0 unspecified atom stereocenters. The van der Waals surface area contributed by atoms with E-state index < -0.39 is 0 Å². The number of rotatable bonds is 6. The highest BCUT2D eigenvalue weighted by atomic mass is 16.5. The van der Waals surface area contributed by atoms with Gasteiger partial charge < -0.3 is 20.2 Å². The van der Waals surface area contributed by atoms with Crippen LogP contribution in [0.4, 0.5) is 0 Å². The molecule has 6 nitrogen and oxygen atoms in total. The average Bonchev–Trinajstić information content (AvgIpc) is 2.46. The van der Waals surface area contributed by atoms with Crippen molar-refractivity contribution in [2.75, 3.05) is 6.61 Å². The smallest absolute Gasteiger partial charge is 0.251 e. The second kappa shape index (κ2) is 6.72. The molecule has 3 N–H and O–H groups in total. The summed E-state index contributed by atoms with van der Waals surface area (Å²) in [6.45, 7) is 2.95. The van der Waals surface area contributed by atoms with Crippen LogP contribution in [0, 0.1) is 0 Å². The molecule has 1 aromatic carbocycles. The topological polar surface area (TPSA) is 90.2 Å². The molecular formula is C14H17N3O3. The fourth-order valence-corrected chi connectivity index (χ4v) is 1.69. The maximum atomic E-state index is 11.4. The molecule has 0 amide bonds. The van der Waals surface area contributed by atoms with Crippen molar-refractivity contribution in [3.8, 4) is 11.5 Å². The Balaban J connectivity index is 2.01. The van der Waals surface area contributed by atoms with Crippen molar-refractivity contribution in [3.05, 3.63) is 52.2 Å². The summed E-state index contributed by atoms with van der Waals surface area (Å²) in [6.07, 6.45) is 0. The lowest BCUT2D eigenvalue weighted by molar-refractivity contribution is 0.293. The van der Waals surface area contributed by atoms with E-state index in [1.54, 1.807) is 12.1 Å². The van der Waals surface area contributed by atoms with Gasteiger partial charge in [0, 0.05) is 12.6 Å². The number of hydrogen-bond acceptors (Lipinski definition) is 5. The van der Waals surface area contributed by atoms with Crippen molar-refractivity contribution < 1.29 is 9.47 Å². The van der Waals surface area contributed by atoms with Crippen LogP contribution in [0.25, 0.3) is 0 Å². The molecule has 0 atom stereocenters. The minimum absolute atomic E-state index is 0.178. The van der Waals surface area contributed by atoms with Gasteiger partial charge in [0.25, 0.3) is 5.56 Å². The molecule has 0 bridgehead atoms. The quantitative estimate of drug-likeness (QED) is 0.827. The summed E-state index contributed by atoms with van der Waals surface area (Å²) >= 11 is 0. The summed E-state index contributed by atoms with van der Waals surface area (Å²) in [7, 11) is 0. The Morgan fingerprint density at radius 3 is 2.45 bits per heavy atom. The SMILES string of the molecule is CCOc1ccc(OCc2nc(CN)cc(=O)[nH]2)cc1. The van der Waals surface area contributed by atoms with Gasteiger partial charge in [-0.2, -0.15) is 0 Å². The largest absolute Gasteiger partial charge is 0.494 e. The van der Waals surface area contributed by atoms with Gasteiger partial charge in [-0.05, 0) is 31.2 Å². The summed E-state index contributed by atoms with van der Waals surface area (Å²) in [5.41, 5.74) is 5.78. The molecule has 0 saturated heterocycles. The summed E-state index contributed by atoms with van der Waals surface area (Å²) in [6, 6.07) is 8.63. The number of benzene rings is 1. The van der Waals surface area contributed by atoms with Gasteiger partial charge in [-0.3, -0.25) is 4.79 Å². The molecule has 2 aromatic rings. The highest BCUT2D eigenvalue weighted by molar-refractivity contribution is 5.31. The van der Waals surface area contributed by atoms with Crippen molar-refractivity contribution in [3.63, 3.8) is 0 Å². The van der Waals surface area contributed by atoms with Crippen LogP contribution in [-0.4, -0.2) is 16.6 Å². The maximum Gasteiger partial charge on any atom is 0.251 e. The molecule has 20 heavy (non-hydrogen) atoms. The molecule has 0 aliphatic carbocycles. The number of nitrogens with zero attached hydrogens (tertiary/aromatic N) is 1. The Morgan fingerprint density at radius 1 is 1.20 bits per heavy atom. The van der Waals surface area contributed by atoms with Gasteiger partial charge in [0.05, 0.1) is 12.3 Å². The summed E-state index contributed by atoms with van der Waals surface area (Å²) in [5.74, 6) is 1.91. The van der Waals surface area contributed by atoms with Gasteiger partial charge >= 0.3 is 0 Å². The lowest BCUT2D eigenvalue weighted by atomic mass is 10.3. The van der Waals surface area contributed by atoms with E-state index in [1.807, 2.05) is 19.1 Å². The third kappa shape index (κ3) is 3.83. The summed E-state index contributed by atoms with van der Waals surface area (Å²) < 4.78 is 10.9. The lowest BCUT2D eigenvalue weighted by Crippen LogP contribution is -2.16. The Morgan fingerprint density at radius 2 is 1.85 bits per heavy atom. The first-order valence-electron chi connectivity index (χ1n) is 6.36. The molecule has 0 fully saturated rings. The molecule has 0 aliphatic rings. The first kappa shape index (κ1) is 14.1. The third-order valence-corrected chi connectivity index (χ3v) is 2.56. The van der Waals surface area contributed by atoms with E-state index in [0.717, 1.165) is 5.75 Å². The number of aromatic amines is 1. The van der Waals surface area contributed by atoms with Gasteiger partial charge in [0.15, 0.2) is 0 Å². The number of aromatic nitrogens is 2. The van der Waals surface area contributed by atoms with E-state index in [-0.39, 0.29) is 18.7 Å². The fourth-order valence-electron chi connectivity index (χ4n) is 1.69. The first-order valence-corrected chi connectivity index (χ1v) is 6.36. The van der Waals surface area contributed by atoms with Crippen molar-refractivity contribution in [2.45, 2.75) is 20.1 Å². The number of hydrogen-bond donors (Lipinski definition) is 2. The predicted molar refractivity (Wildman–Crippen MR) is 74.7 cm³/mol. The van der Waals surface area contributed by atoms with E-state index in [0.29, 0.717) is 23.9 Å². The van der Waals surface area contributed by atoms with E-state index in [1.165, 1.54) is 6.07 Å². The van der Waals surface area contributed by atoms with E-state index in [4.69, 9.17) is 15.2 Å². The molecule has 106 valence electrons. The van der Waals surface area contributed by atoms with Crippen LogP contribution in [0.1, 0.15) is 18.4 Å². The van der Waals surface area contributed by atoms with Crippen LogP contribution >= 0.6 is 0 Å².